The summed E-state index contributed by atoms with van der Waals surface area (Å²) in [6, 6.07) is 5.44. The number of nitrogen functional groups attached to an aromatic ring is 1. The number of carbonyl (C=O) groups is 1. The lowest BCUT2D eigenvalue weighted by molar-refractivity contribution is 0.133. The van der Waals surface area contributed by atoms with Crippen LogP contribution < -0.4 is 15.8 Å². The van der Waals surface area contributed by atoms with Gasteiger partial charge in [-0.3, -0.25) is 0 Å². The molecule has 138 valence electrons. The zero-order chi connectivity index (χ0) is 18.6. The fraction of sp³-hybridized carbons (Fsp3) is 0.579. The standard InChI is InChI=1S/C19H30N4O2/c1-13(20)17-15(21)8-5-9-16(17)25-12-14-7-6-10-23(11-14)18(24)22-19(2,3)4/h5,8-9,14,20H,6-7,10-12,21H2,1-4H3,(H,22,24). The maximum absolute atomic E-state index is 12.4. The van der Waals surface area contributed by atoms with Gasteiger partial charge in [0.15, 0.2) is 0 Å². The van der Waals surface area contributed by atoms with E-state index in [0.717, 1.165) is 19.4 Å². The molecule has 6 nitrogen and oxygen atoms in total. The molecule has 0 spiro atoms. The summed E-state index contributed by atoms with van der Waals surface area (Å²) in [4.78, 5) is 14.2. The van der Waals surface area contributed by atoms with Crippen molar-refractivity contribution >= 4 is 17.4 Å². The molecule has 0 bridgehead atoms. The Balaban J connectivity index is 1.97. The molecule has 1 aliphatic heterocycles. The first-order valence-electron chi connectivity index (χ1n) is 8.81. The molecule has 6 heteroatoms. The molecule has 0 saturated carbocycles. The number of nitrogens with two attached hydrogens (primary N) is 1. The molecule has 2 rings (SSSR count). The van der Waals surface area contributed by atoms with E-state index in [1.54, 1.807) is 13.0 Å². The zero-order valence-electron chi connectivity index (χ0n) is 15.7. The van der Waals surface area contributed by atoms with Crippen molar-refractivity contribution < 1.29 is 9.53 Å². The van der Waals surface area contributed by atoms with E-state index < -0.39 is 0 Å². The fourth-order valence-corrected chi connectivity index (χ4v) is 3.06. The van der Waals surface area contributed by atoms with Crippen LogP contribution in [0, 0.1) is 11.3 Å². The number of hydrogen-bond donors (Lipinski definition) is 3. The lowest BCUT2D eigenvalue weighted by Crippen LogP contribution is -2.51. The minimum Gasteiger partial charge on any atom is -0.492 e. The summed E-state index contributed by atoms with van der Waals surface area (Å²) in [5.41, 5.74) is 7.33. The Morgan fingerprint density at radius 3 is 2.80 bits per heavy atom. The summed E-state index contributed by atoms with van der Waals surface area (Å²) in [5.74, 6) is 0.920. The van der Waals surface area contributed by atoms with Gasteiger partial charge in [0.05, 0.1) is 12.2 Å². The summed E-state index contributed by atoms with van der Waals surface area (Å²) in [6.45, 7) is 9.63. The van der Waals surface area contributed by atoms with E-state index in [1.807, 2.05) is 37.8 Å². The van der Waals surface area contributed by atoms with Crippen LogP contribution in [0.1, 0.15) is 46.1 Å². The molecule has 1 fully saturated rings. The number of anilines is 1. The van der Waals surface area contributed by atoms with Gasteiger partial charge in [-0.2, -0.15) is 0 Å². The molecule has 0 aromatic heterocycles. The van der Waals surface area contributed by atoms with E-state index >= 15 is 0 Å². The van der Waals surface area contributed by atoms with E-state index in [9.17, 15) is 4.79 Å². The topological polar surface area (TPSA) is 91.4 Å². The van der Waals surface area contributed by atoms with Gasteiger partial charge in [0.2, 0.25) is 0 Å². The molecular formula is C19H30N4O2. The van der Waals surface area contributed by atoms with Crippen molar-refractivity contribution in [3.05, 3.63) is 23.8 Å². The Morgan fingerprint density at radius 1 is 1.44 bits per heavy atom. The third-order valence-corrected chi connectivity index (χ3v) is 4.20. The van der Waals surface area contributed by atoms with E-state index in [4.69, 9.17) is 15.9 Å². The number of carbonyl (C=O) groups excluding carboxylic acids is 1. The number of nitrogens with zero attached hydrogens (tertiary/aromatic N) is 1. The predicted molar refractivity (Wildman–Crippen MR) is 101 cm³/mol. The van der Waals surface area contributed by atoms with Gasteiger partial charge in [0.1, 0.15) is 5.75 Å². The van der Waals surface area contributed by atoms with Crippen molar-refractivity contribution in [3.63, 3.8) is 0 Å². The van der Waals surface area contributed by atoms with Crippen molar-refractivity contribution in [1.82, 2.24) is 10.2 Å². The number of rotatable bonds is 4. The molecule has 1 heterocycles. The first-order chi connectivity index (χ1) is 11.7. The number of benzene rings is 1. The molecule has 0 radical (unpaired) electrons. The molecule has 1 atom stereocenters. The molecule has 1 aliphatic rings. The van der Waals surface area contributed by atoms with Crippen molar-refractivity contribution in [2.75, 3.05) is 25.4 Å². The second kappa shape index (κ2) is 7.76. The second-order valence-corrected chi connectivity index (χ2v) is 7.79. The number of urea groups is 1. The van der Waals surface area contributed by atoms with E-state index in [1.165, 1.54) is 0 Å². The minimum absolute atomic E-state index is 0.0165. The molecular weight excluding hydrogens is 316 g/mol. The molecule has 2 amide bonds. The van der Waals surface area contributed by atoms with Crippen molar-refractivity contribution in [3.8, 4) is 5.75 Å². The van der Waals surface area contributed by atoms with Crippen molar-refractivity contribution in [2.24, 2.45) is 5.92 Å². The lowest BCUT2D eigenvalue weighted by Gasteiger charge is -2.35. The Labute approximate surface area is 150 Å². The van der Waals surface area contributed by atoms with Gasteiger partial charge in [-0.15, -0.1) is 0 Å². The first-order valence-corrected chi connectivity index (χ1v) is 8.81. The van der Waals surface area contributed by atoms with Crippen LogP contribution in [-0.2, 0) is 0 Å². The maximum Gasteiger partial charge on any atom is 0.317 e. The Bertz CT molecular complexity index is 637. The highest BCUT2D eigenvalue weighted by atomic mass is 16.5. The van der Waals surface area contributed by atoms with E-state index in [-0.39, 0.29) is 17.5 Å². The number of piperidine rings is 1. The summed E-state index contributed by atoms with van der Waals surface area (Å²) < 4.78 is 5.97. The lowest BCUT2D eigenvalue weighted by atomic mass is 9.99. The minimum atomic E-state index is -0.238. The number of nitrogens with one attached hydrogen (secondary N) is 2. The van der Waals surface area contributed by atoms with Crippen LogP contribution in [-0.4, -0.2) is 41.9 Å². The highest BCUT2D eigenvalue weighted by Gasteiger charge is 2.26. The van der Waals surface area contributed by atoms with Crippen LogP contribution in [0.2, 0.25) is 0 Å². The van der Waals surface area contributed by atoms with Crippen LogP contribution in [0.5, 0.6) is 5.75 Å². The second-order valence-electron chi connectivity index (χ2n) is 7.79. The number of amides is 2. The van der Waals surface area contributed by atoms with Crippen LogP contribution in [0.25, 0.3) is 0 Å². The molecule has 1 unspecified atom stereocenters. The Kier molecular flexibility index (Phi) is 5.93. The molecule has 1 saturated heterocycles. The average molecular weight is 346 g/mol. The molecule has 1 aromatic carbocycles. The largest absolute Gasteiger partial charge is 0.492 e. The first kappa shape index (κ1) is 19.1. The SMILES string of the molecule is CC(=N)c1c(N)cccc1OCC1CCCN(C(=O)NC(C)(C)C)C1. The smallest absolute Gasteiger partial charge is 0.317 e. The molecule has 1 aromatic rings. The highest BCUT2D eigenvalue weighted by Crippen LogP contribution is 2.26. The Hall–Kier alpha value is -2.24. The van der Waals surface area contributed by atoms with Gasteiger partial charge in [-0.25, -0.2) is 4.79 Å². The third kappa shape index (κ3) is 5.37. The number of ether oxygens (including phenoxy) is 1. The van der Waals surface area contributed by atoms with E-state index in [2.05, 4.69) is 5.32 Å². The van der Waals surface area contributed by atoms with Crippen molar-refractivity contribution in [2.45, 2.75) is 46.1 Å². The van der Waals surface area contributed by atoms with Gasteiger partial charge >= 0.3 is 6.03 Å². The zero-order valence-corrected chi connectivity index (χ0v) is 15.7. The summed E-state index contributed by atoms with van der Waals surface area (Å²) in [5, 5.41) is 10.9. The van der Waals surface area contributed by atoms with Gasteiger partial charge in [0, 0.05) is 35.9 Å². The fourth-order valence-electron chi connectivity index (χ4n) is 3.06. The van der Waals surface area contributed by atoms with Crippen LogP contribution in [0.3, 0.4) is 0 Å². The van der Waals surface area contributed by atoms with Crippen LogP contribution in [0.15, 0.2) is 18.2 Å². The highest BCUT2D eigenvalue weighted by molar-refractivity contribution is 6.03. The van der Waals surface area contributed by atoms with Crippen molar-refractivity contribution in [1.29, 1.82) is 5.41 Å². The van der Waals surface area contributed by atoms with E-state index in [0.29, 0.717) is 35.9 Å². The molecule has 0 aliphatic carbocycles. The quantitative estimate of drug-likeness (QED) is 0.577. The monoisotopic (exact) mass is 346 g/mol. The normalized spacial score (nSPS) is 17.9. The van der Waals surface area contributed by atoms with Gasteiger partial charge in [-0.05, 0) is 52.7 Å². The summed E-state index contributed by atoms with van der Waals surface area (Å²) in [7, 11) is 0. The third-order valence-electron chi connectivity index (χ3n) is 4.20. The van der Waals surface area contributed by atoms with Gasteiger partial charge in [0.25, 0.3) is 0 Å². The number of likely N-dealkylation sites (tertiary alicyclic amines) is 1. The Morgan fingerprint density at radius 2 is 2.16 bits per heavy atom. The van der Waals surface area contributed by atoms with Gasteiger partial charge in [-0.1, -0.05) is 6.07 Å². The molecule has 25 heavy (non-hydrogen) atoms. The van der Waals surface area contributed by atoms with Crippen LogP contribution >= 0.6 is 0 Å². The maximum atomic E-state index is 12.4. The molecule has 4 N–H and O–H groups in total. The number of hydrogen-bond acceptors (Lipinski definition) is 4. The average Bonchev–Trinajstić information content (AvgIpc) is 2.51. The van der Waals surface area contributed by atoms with Crippen LogP contribution in [0.4, 0.5) is 10.5 Å². The van der Waals surface area contributed by atoms with Gasteiger partial charge < -0.3 is 26.1 Å². The predicted octanol–water partition coefficient (Wildman–Crippen LogP) is 3.26. The summed E-state index contributed by atoms with van der Waals surface area (Å²) in [6.07, 6.45) is 2.00. The summed E-state index contributed by atoms with van der Waals surface area (Å²) >= 11 is 0.